The molecule has 1 aromatic rings. The number of anilines is 1. The molecule has 17 heavy (non-hydrogen) atoms. The molecule has 0 heterocycles. The van der Waals surface area contributed by atoms with E-state index in [1.54, 1.807) is 35.8 Å². The molecule has 0 fully saturated rings. The van der Waals surface area contributed by atoms with Crippen molar-refractivity contribution in [3.63, 3.8) is 0 Å². The van der Waals surface area contributed by atoms with Gasteiger partial charge < -0.3 is 15.4 Å². The van der Waals surface area contributed by atoms with Crippen molar-refractivity contribution in [1.82, 2.24) is 4.90 Å². The van der Waals surface area contributed by atoms with E-state index in [2.05, 4.69) is 0 Å². The molecule has 0 aliphatic carbocycles. The summed E-state index contributed by atoms with van der Waals surface area (Å²) in [6.45, 7) is 0.757. The summed E-state index contributed by atoms with van der Waals surface area (Å²) in [6, 6.07) is 7.16. The van der Waals surface area contributed by atoms with Gasteiger partial charge in [0.05, 0.1) is 5.69 Å². The van der Waals surface area contributed by atoms with Gasteiger partial charge in [0.15, 0.2) is 6.61 Å². The summed E-state index contributed by atoms with van der Waals surface area (Å²) in [5.74, 6) is 1.44. The minimum atomic E-state index is -0.0395. The normalized spacial score (nSPS) is 10.0. The number of rotatable bonds is 6. The maximum absolute atomic E-state index is 11.7. The van der Waals surface area contributed by atoms with Crippen molar-refractivity contribution in [2.75, 3.05) is 37.9 Å². The van der Waals surface area contributed by atoms with Gasteiger partial charge in [-0.25, -0.2) is 0 Å². The number of benzene rings is 1. The van der Waals surface area contributed by atoms with E-state index in [0.29, 0.717) is 11.4 Å². The zero-order valence-electron chi connectivity index (χ0n) is 10.2. The first-order chi connectivity index (χ1) is 8.15. The standard InChI is InChI=1S/C12H18N2O2S/c1-14(7-8-17-2)12(15)9-16-11-6-4-3-5-10(11)13/h3-6H,7-9,13H2,1-2H3. The van der Waals surface area contributed by atoms with Crippen LogP contribution in [0.1, 0.15) is 0 Å². The van der Waals surface area contributed by atoms with Gasteiger partial charge in [0.2, 0.25) is 0 Å². The SMILES string of the molecule is CSCCN(C)C(=O)COc1ccccc1N. The number of para-hydroxylation sites is 2. The quantitative estimate of drug-likeness (QED) is 0.781. The topological polar surface area (TPSA) is 55.6 Å². The molecule has 0 saturated heterocycles. The molecule has 0 unspecified atom stereocenters. The van der Waals surface area contributed by atoms with E-state index in [9.17, 15) is 4.79 Å². The summed E-state index contributed by atoms with van der Waals surface area (Å²) in [5, 5.41) is 0. The van der Waals surface area contributed by atoms with Gasteiger partial charge in [-0.3, -0.25) is 4.79 Å². The Morgan fingerprint density at radius 1 is 1.47 bits per heavy atom. The molecule has 0 saturated carbocycles. The smallest absolute Gasteiger partial charge is 0.260 e. The lowest BCUT2D eigenvalue weighted by Gasteiger charge is -2.17. The Morgan fingerprint density at radius 3 is 2.82 bits per heavy atom. The van der Waals surface area contributed by atoms with Crippen LogP contribution in [0, 0.1) is 0 Å². The van der Waals surface area contributed by atoms with Gasteiger partial charge >= 0.3 is 0 Å². The number of ether oxygens (including phenoxy) is 1. The average molecular weight is 254 g/mol. The predicted molar refractivity (Wildman–Crippen MR) is 72.4 cm³/mol. The fourth-order valence-corrected chi connectivity index (χ4v) is 1.67. The highest BCUT2D eigenvalue weighted by Crippen LogP contribution is 2.19. The number of amides is 1. The third-order valence-corrected chi connectivity index (χ3v) is 2.92. The first-order valence-electron chi connectivity index (χ1n) is 5.35. The minimum Gasteiger partial charge on any atom is -0.482 e. The molecule has 0 aliphatic heterocycles. The number of thioether (sulfide) groups is 1. The molecule has 0 aromatic heterocycles. The summed E-state index contributed by atoms with van der Waals surface area (Å²) in [7, 11) is 1.77. The molecule has 0 atom stereocenters. The van der Waals surface area contributed by atoms with Crippen LogP contribution in [-0.2, 0) is 4.79 Å². The van der Waals surface area contributed by atoms with E-state index in [-0.39, 0.29) is 12.5 Å². The van der Waals surface area contributed by atoms with Gasteiger partial charge in [-0.05, 0) is 18.4 Å². The van der Waals surface area contributed by atoms with Crippen molar-refractivity contribution in [3.8, 4) is 5.75 Å². The predicted octanol–water partition coefficient (Wildman–Crippen LogP) is 1.47. The van der Waals surface area contributed by atoms with Crippen molar-refractivity contribution in [2.45, 2.75) is 0 Å². The molecule has 2 N–H and O–H groups in total. The van der Waals surface area contributed by atoms with Crippen LogP contribution in [-0.4, -0.2) is 43.0 Å². The van der Waals surface area contributed by atoms with E-state index in [1.165, 1.54) is 0 Å². The van der Waals surface area contributed by atoms with E-state index in [1.807, 2.05) is 18.4 Å². The number of hydrogen-bond acceptors (Lipinski definition) is 4. The fraction of sp³-hybridized carbons (Fsp3) is 0.417. The summed E-state index contributed by atoms with van der Waals surface area (Å²) in [6.07, 6.45) is 2.01. The van der Waals surface area contributed by atoms with Crippen LogP contribution in [0.2, 0.25) is 0 Å². The lowest BCUT2D eigenvalue weighted by Crippen LogP contribution is -2.33. The number of nitrogens with two attached hydrogens (primary N) is 1. The average Bonchev–Trinajstić information content (AvgIpc) is 2.34. The lowest BCUT2D eigenvalue weighted by molar-refractivity contribution is -0.131. The largest absolute Gasteiger partial charge is 0.482 e. The van der Waals surface area contributed by atoms with Gasteiger partial charge in [0.1, 0.15) is 5.75 Å². The van der Waals surface area contributed by atoms with Gasteiger partial charge in [0.25, 0.3) is 5.91 Å². The van der Waals surface area contributed by atoms with Gasteiger partial charge in [-0.1, -0.05) is 12.1 Å². The Morgan fingerprint density at radius 2 is 2.18 bits per heavy atom. The highest BCUT2D eigenvalue weighted by molar-refractivity contribution is 7.98. The molecule has 0 bridgehead atoms. The highest BCUT2D eigenvalue weighted by atomic mass is 32.2. The molecule has 94 valence electrons. The van der Waals surface area contributed by atoms with Crippen molar-refractivity contribution >= 4 is 23.4 Å². The molecule has 0 spiro atoms. The van der Waals surface area contributed by atoms with Crippen LogP contribution in [0.4, 0.5) is 5.69 Å². The van der Waals surface area contributed by atoms with Gasteiger partial charge in [-0.2, -0.15) is 11.8 Å². The van der Waals surface area contributed by atoms with E-state index in [0.717, 1.165) is 12.3 Å². The maximum atomic E-state index is 11.7. The number of hydrogen-bond donors (Lipinski definition) is 1. The molecule has 0 radical (unpaired) electrons. The number of nitrogens with zero attached hydrogens (tertiary/aromatic N) is 1. The van der Waals surface area contributed by atoms with Gasteiger partial charge in [0, 0.05) is 19.3 Å². The number of likely N-dealkylation sites (N-methyl/N-ethyl adjacent to an activating group) is 1. The molecule has 1 amide bonds. The molecular formula is C12H18N2O2S. The Kier molecular flexibility index (Phi) is 5.69. The molecule has 1 rings (SSSR count). The van der Waals surface area contributed by atoms with Crippen LogP contribution >= 0.6 is 11.8 Å². The van der Waals surface area contributed by atoms with E-state index >= 15 is 0 Å². The number of carbonyl (C=O) groups excluding carboxylic acids is 1. The minimum absolute atomic E-state index is 0.0269. The highest BCUT2D eigenvalue weighted by Gasteiger charge is 2.09. The summed E-state index contributed by atoms with van der Waals surface area (Å²) in [4.78, 5) is 13.3. The molecular weight excluding hydrogens is 236 g/mol. The first kappa shape index (κ1) is 13.7. The van der Waals surface area contributed by atoms with Crippen LogP contribution in [0.3, 0.4) is 0 Å². The Labute approximate surface area is 106 Å². The second-order valence-electron chi connectivity index (χ2n) is 3.63. The lowest BCUT2D eigenvalue weighted by atomic mass is 10.3. The summed E-state index contributed by atoms with van der Waals surface area (Å²) < 4.78 is 5.38. The van der Waals surface area contributed by atoms with Gasteiger partial charge in [-0.15, -0.1) is 0 Å². The van der Waals surface area contributed by atoms with E-state index in [4.69, 9.17) is 10.5 Å². The molecule has 4 nitrogen and oxygen atoms in total. The third kappa shape index (κ3) is 4.56. The molecule has 0 aliphatic rings. The Balaban J connectivity index is 2.40. The second kappa shape index (κ2) is 7.06. The van der Waals surface area contributed by atoms with Crippen LogP contribution < -0.4 is 10.5 Å². The molecule has 5 heteroatoms. The first-order valence-corrected chi connectivity index (χ1v) is 6.74. The third-order valence-electron chi connectivity index (χ3n) is 2.33. The fourth-order valence-electron chi connectivity index (χ4n) is 1.21. The number of nitrogen functional groups attached to an aromatic ring is 1. The maximum Gasteiger partial charge on any atom is 0.260 e. The van der Waals surface area contributed by atoms with Crippen molar-refractivity contribution in [2.24, 2.45) is 0 Å². The molecule has 1 aromatic carbocycles. The van der Waals surface area contributed by atoms with Crippen LogP contribution in [0.5, 0.6) is 5.75 Å². The number of carbonyl (C=O) groups is 1. The Bertz CT molecular complexity index is 371. The summed E-state index contributed by atoms with van der Waals surface area (Å²) >= 11 is 1.71. The van der Waals surface area contributed by atoms with E-state index < -0.39 is 0 Å². The van der Waals surface area contributed by atoms with Crippen molar-refractivity contribution in [1.29, 1.82) is 0 Å². The van der Waals surface area contributed by atoms with Crippen LogP contribution in [0.15, 0.2) is 24.3 Å². The summed E-state index contributed by atoms with van der Waals surface area (Å²) in [5.41, 5.74) is 6.26. The van der Waals surface area contributed by atoms with Crippen LogP contribution in [0.25, 0.3) is 0 Å². The second-order valence-corrected chi connectivity index (χ2v) is 4.62. The monoisotopic (exact) mass is 254 g/mol. The van der Waals surface area contributed by atoms with Crippen molar-refractivity contribution < 1.29 is 9.53 Å². The zero-order chi connectivity index (χ0) is 12.7. The van der Waals surface area contributed by atoms with Crippen molar-refractivity contribution in [3.05, 3.63) is 24.3 Å². The Hall–Kier alpha value is -1.36. The zero-order valence-corrected chi connectivity index (χ0v) is 11.0.